The van der Waals surface area contributed by atoms with E-state index in [1.165, 1.54) is 0 Å². The van der Waals surface area contributed by atoms with Crippen molar-refractivity contribution in [3.63, 3.8) is 0 Å². The van der Waals surface area contributed by atoms with Gasteiger partial charge >= 0.3 is 6.09 Å². The molecule has 0 N–H and O–H groups in total. The molecule has 1 aromatic carbocycles. The second kappa shape index (κ2) is 10.4. The molecule has 1 aliphatic carbocycles. The molecular formula is C30H37N7O4. The summed E-state index contributed by atoms with van der Waals surface area (Å²) in [5.41, 5.74) is 4.35. The number of amides is 1. The van der Waals surface area contributed by atoms with Gasteiger partial charge in [-0.3, -0.25) is 4.68 Å². The first-order chi connectivity index (χ1) is 19.6. The largest absolute Gasteiger partial charge is 0.466 e. The van der Waals surface area contributed by atoms with Crippen LogP contribution in [-0.2, 0) is 16.5 Å². The molecule has 0 spiro atoms. The zero-order chi connectivity index (χ0) is 28.9. The highest BCUT2D eigenvalue weighted by molar-refractivity contribution is 5.91. The van der Waals surface area contributed by atoms with Crippen molar-refractivity contribution in [2.75, 3.05) is 31.9 Å². The van der Waals surface area contributed by atoms with Gasteiger partial charge in [0.2, 0.25) is 5.95 Å². The number of rotatable bonds is 7. The molecule has 4 heterocycles. The summed E-state index contributed by atoms with van der Waals surface area (Å²) in [6, 6.07) is 6.32. The van der Waals surface area contributed by atoms with Crippen molar-refractivity contribution in [3.05, 3.63) is 36.2 Å². The number of hydrogen-bond acceptors (Lipinski definition) is 9. The zero-order valence-corrected chi connectivity index (χ0v) is 24.5. The maximum absolute atomic E-state index is 13.0. The van der Waals surface area contributed by atoms with Crippen LogP contribution in [0.3, 0.4) is 0 Å². The molecule has 216 valence electrons. The second-order valence-electron chi connectivity index (χ2n) is 11.9. The fourth-order valence-corrected chi connectivity index (χ4v) is 5.56. The molecule has 0 radical (unpaired) electrons. The molecular weight excluding hydrogens is 522 g/mol. The minimum Gasteiger partial charge on any atom is -0.466 e. The minimum atomic E-state index is -0.519. The van der Waals surface area contributed by atoms with Gasteiger partial charge in [0, 0.05) is 56.0 Å². The van der Waals surface area contributed by atoms with Gasteiger partial charge in [-0.1, -0.05) is 0 Å². The van der Waals surface area contributed by atoms with E-state index in [0.717, 1.165) is 59.0 Å². The van der Waals surface area contributed by atoms with Crippen LogP contribution in [0.4, 0.5) is 10.7 Å². The van der Waals surface area contributed by atoms with Crippen LogP contribution >= 0.6 is 0 Å². The average molecular weight is 560 g/mol. The van der Waals surface area contributed by atoms with Gasteiger partial charge in [0.25, 0.3) is 0 Å². The van der Waals surface area contributed by atoms with Crippen LogP contribution in [0.1, 0.15) is 45.6 Å². The summed E-state index contributed by atoms with van der Waals surface area (Å²) in [6.45, 7) is 9.29. The second-order valence-corrected chi connectivity index (χ2v) is 11.9. The Bertz CT molecular complexity index is 1610. The van der Waals surface area contributed by atoms with E-state index in [1.54, 1.807) is 18.0 Å². The van der Waals surface area contributed by atoms with Gasteiger partial charge in [-0.25, -0.2) is 19.7 Å². The molecule has 3 aromatic heterocycles. The smallest absolute Gasteiger partial charge is 0.410 e. The third-order valence-corrected chi connectivity index (χ3v) is 7.50. The summed E-state index contributed by atoms with van der Waals surface area (Å²) in [7, 11) is 3.50. The molecule has 1 saturated heterocycles. The first kappa shape index (κ1) is 27.2. The van der Waals surface area contributed by atoms with E-state index >= 15 is 0 Å². The SMILES string of the molecule is COCOc1c(-c2ccc3nc(N4CC[C@@H](N(C(=O)OC(C)(C)C)C5CC5)C4)ncc3n2)cc2cn(C)nc2c1C. The van der Waals surface area contributed by atoms with Crippen molar-refractivity contribution in [1.29, 1.82) is 0 Å². The number of carbonyl (C=O) groups is 1. The van der Waals surface area contributed by atoms with E-state index in [9.17, 15) is 4.79 Å². The number of nitrogens with zero attached hydrogens (tertiary/aromatic N) is 7. The Morgan fingerprint density at radius 2 is 1.93 bits per heavy atom. The number of pyridine rings is 1. The summed E-state index contributed by atoms with van der Waals surface area (Å²) in [5.74, 6) is 1.34. The molecule has 4 aromatic rings. The number of methoxy groups -OCH3 is 1. The number of anilines is 1. The molecule has 1 saturated carbocycles. The van der Waals surface area contributed by atoms with Crippen molar-refractivity contribution in [2.45, 2.75) is 64.6 Å². The lowest BCUT2D eigenvalue weighted by molar-refractivity contribution is 0.0158. The highest BCUT2D eigenvalue weighted by Crippen LogP contribution is 2.38. The summed E-state index contributed by atoms with van der Waals surface area (Å²) >= 11 is 0. The molecule has 11 heteroatoms. The van der Waals surface area contributed by atoms with Gasteiger partial charge in [0.05, 0.1) is 29.0 Å². The Morgan fingerprint density at radius 1 is 1.12 bits per heavy atom. The quantitative estimate of drug-likeness (QED) is 0.294. The van der Waals surface area contributed by atoms with Crippen molar-refractivity contribution in [2.24, 2.45) is 7.05 Å². The Labute approximate surface area is 239 Å². The number of fused-ring (bicyclic) bond motifs is 2. The maximum Gasteiger partial charge on any atom is 0.410 e. The van der Waals surface area contributed by atoms with E-state index in [-0.39, 0.29) is 25.0 Å². The molecule has 11 nitrogen and oxygen atoms in total. The number of ether oxygens (including phenoxy) is 3. The van der Waals surface area contributed by atoms with Crippen LogP contribution in [0, 0.1) is 6.92 Å². The molecule has 6 rings (SSSR count). The van der Waals surface area contributed by atoms with E-state index in [1.807, 2.05) is 64.0 Å². The van der Waals surface area contributed by atoms with Crippen LogP contribution in [0.25, 0.3) is 33.2 Å². The number of aryl methyl sites for hydroxylation is 2. The third kappa shape index (κ3) is 5.50. The monoisotopic (exact) mass is 559 g/mol. The van der Waals surface area contributed by atoms with E-state index in [0.29, 0.717) is 23.8 Å². The number of aromatic nitrogens is 5. The number of carbonyl (C=O) groups excluding carboxylic acids is 1. The maximum atomic E-state index is 13.0. The first-order valence-electron chi connectivity index (χ1n) is 14.1. The topological polar surface area (TPSA) is 108 Å². The molecule has 1 amide bonds. The molecule has 0 unspecified atom stereocenters. The summed E-state index contributed by atoms with van der Waals surface area (Å²) in [4.78, 5) is 31.5. The van der Waals surface area contributed by atoms with Crippen molar-refractivity contribution in [3.8, 4) is 17.0 Å². The van der Waals surface area contributed by atoms with Crippen LogP contribution in [0.15, 0.2) is 30.6 Å². The molecule has 1 aliphatic heterocycles. The fraction of sp³-hybridized carbons (Fsp3) is 0.500. The highest BCUT2D eigenvalue weighted by Gasteiger charge is 2.42. The van der Waals surface area contributed by atoms with Crippen molar-refractivity contribution in [1.82, 2.24) is 29.6 Å². The number of hydrogen-bond donors (Lipinski definition) is 0. The van der Waals surface area contributed by atoms with Crippen LogP contribution < -0.4 is 9.64 Å². The van der Waals surface area contributed by atoms with E-state index < -0.39 is 5.60 Å². The van der Waals surface area contributed by atoms with E-state index in [2.05, 4.69) is 15.0 Å². The Kier molecular flexibility index (Phi) is 6.93. The average Bonchev–Trinajstić information content (AvgIpc) is 3.49. The van der Waals surface area contributed by atoms with Gasteiger partial charge in [-0.2, -0.15) is 5.10 Å². The Morgan fingerprint density at radius 3 is 2.66 bits per heavy atom. The van der Waals surface area contributed by atoms with Crippen molar-refractivity contribution >= 4 is 34.0 Å². The van der Waals surface area contributed by atoms with Crippen LogP contribution in [0.5, 0.6) is 5.75 Å². The van der Waals surface area contributed by atoms with Crippen LogP contribution in [0.2, 0.25) is 0 Å². The predicted molar refractivity (Wildman–Crippen MR) is 156 cm³/mol. The first-order valence-corrected chi connectivity index (χ1v) is 14.1. The van der Waals surface area contributed by atoms with Crippen molar-refractivity contribution < 1.29 is 19.0 Å². The predicted octanol–water partition coefficient (Wildman–Crippen LogP) is 4.85. The van der Waals surface area contributed by atoms with Gasteiger partial charge < -0.3 is 24.0 Å². The van der Waals surface area contributed by atoms with Gasteiger partial charge in [-0.05, 0) is 65.2 Å². The van der Waals surface area contributed by atoms with Gasteiger partial charge in [0.15, 0.2) is 6.79 Å². The molecule has 0 bridgehead atoms. The molecule has 2 fully saturated rings. The fourth-order valence-electron chi connectivity index (χ4n) is 5.56. The normalized spacial score (nSPS) is 17.4. The number of benzene rings is 1. The standard InChI is InChI=1S/C30H37N7O4/c1-18-26-19(15-35(5)34-26)13-22(27(18)40-17-39-6)23-9-10-24-25(32-23)14-31-28(33-24)36-12-11-21(16-36)37(20-7-8-20)29(38)41-30(2,3)4/h9-10,13-15,20-21H,7-8,11-12,16-17H2,1-6H3/t21-/m1/s1. The van der Waals surface area contributed by atoms with Crippen LogP contribution in [-0.4, -0.2) is 80.4 Å². The summed E-state index contributed by atoms with van der Waals surface area (Å²) in [5, 5.41) is 5.60. The lowest BCUT2D eigenvalue weighted by Gasteiger charge is -2.31. The zero-order valence-electron chi connectivity index (χ0n) is 24.5. The summed E-state index contributed by atoms with van der Waals surface area (Å²) in [6.07, 6.45) is 6.44. The lowest BCUT2D eigenvalue weighted by Crippen LogP contribution is -2.46. The molecule has 2 aliphatic rings. The van der Waals surface area contributed by atoms with E-state index in [4.69, 9.17) is 24.2 Å². The molecule has 1 atom stereocenters. The molecule has 41 heavy (non-hydrogen) atoms. The van der Waals surface area contributed by atoms with Gasteiger partial charge in [-0.15, -0.1) is 0 Å². The minimum absolute atomic E-state index is 0.0771. The third-order valence-electron chi connectivity index (χ3n) is 7.50. The van der Waals surface area contributed by atoms with Gasteiger partial charge in [0.1, 0.15) is 16.9 Å². The lowest BCUT2D eigenvalue weighted by atomic mass is 10.0. The summed E-state index contributed by atoms with van der Waals surface area (Å²) < 4.78 is 18.7. The highest BCUT2D eigenvalue weighted by atomic mass is 16.7. The Balaban J connectivity index is 1.26. The Hall–Kier alpha value is -3.99.